The van der Waals surface area contributed by atoms with Crippen molar-refractivity contribution in [2.75, 3.05) is 16.4 Å². The number of amides is 2. The van der Waals surface area contributed by atoms with Crippen LogP contribution in [0.4, 0.5) is 26.2 Å². The minimum atomic E-state index is -1.18. The number of carboxylic acid groups (broad SMARTS) is 1. The van der Waals surface area contributed by atoms with Crippen molar-refractivity contribution in [2.24, 2.45) is 0 Å². The first-order chi connectivity index (χ1) is 17.7. The van der Waals surface area contributed by atoms with Gasteiger partial charge in [-0.1, -0.05) is 29.8 Å². The van der Waals surface area contributed by atoms with Crippen molar-refractivity contribution in [3.8, 4) is 22.4 Å². The SMILES string of the molecule is CCn1nc(-c2cccc(-c3cc(C(=O)O)ccc3F)c2)cc(NC(=O)Nc2c(N)cncc2Cl)c1=O. The highest BCUT2D eigenvalue weighted by atomic mass is 35.5. The molecule has 0 spiro atoms. The fourth-order valence-electron chi connectivity index (χ4n) is 3.56. The molecule has 2 heterocycles. The average molecular weight is 523 g/mol. The quantitative estimate of drug-likeness (QED) is 0.286. The van der Waals surface area contributed by atoms with Crippen molar-refractivity contribution in [1.29, 1.82) is 0 Å². The summed E-state index contributed by atoms with van der Waals surface area (Å²) in [4.78, 5) is 40.6. The molecular formula is C25H20ClFN6O4. The molecule has 0 atom stereocenters. The lowest BCUT2D eigenvalue weighted by Gasteiger charge is -2.13. The second kappa shape index (κ2) is 10.5. The maximum atomic E-state index is 14.5. The van der Waals surface area contributed by atoms with E-state index < -0.39 is 23.4 Å². The van der Waals surface area contributed by atoms with Crippen LogP contribution in [0, 0.1) is 5.82 Å². The van der Waals surface area contributed by atoms with Crippen molar-refractivity contribution in [2.45, 2.75) is 13.5 Å². The van der Waals surface area contributed by atoms with Gasteiger partial charge < -0.3 is 21.5 Å². The van der Waals surface area contributed by atoms with Crippen LogP contribution in [0.3, 0.4) is 0 Å². The van der Waals surface area contributed by atoms with E-state index in [0.29, 0.717) is 16.8 Å². The highest BCUT2D eigenvalue weighted by Gasteiger charge is 2.16. The van der Waals surface area contributed by atoms with Gasteiger partial charge in [-0.2, -0.15) is 5.10 Å². The van der Waals surface area contributed by atoms with E-state index in [9.17, 15) is 23.9 Å². The van der Waals surface area contributed by atoms with Crippen LogP contribution >= 0.6 is 11.6 Å². The summed E-state index contributed by atoms with van der Waals surface area (Å²) in [6.07, 6.45) is 2.63. The minimum absolute atomic E-state index is 0.0631. The minimum Gasteiger partial charge on any atom is -0.478 e. The number of carbonyl (C=O) groups excluding carboxylic acids is 1. The first kappa shape index (κ1) is 25.3. The zero-order valence-electron chi connectivity index (χ0n) is 19.3. The summed E-state index contributed by atoms with van der Waals surface area (Å²) in [5.41, 5.74) is 6.72. The van der Waals surface area contributed by atoms with Crippen molar-refractivity contribution >= 4 is 40.7 Å². The maximum Gasteiger partial charge on any atom is 0.335 e. The predicted octanol–water partition coefficient (Wildman–Crippen LogP) is 4.71. The second-order valence-electron chi connectivity index (χ2n) is 7.81. The normalized spacial score (nSPS) is 10.7. The fourth-order valence-corrected chi connectivity index (χ4v) is 3.77. The number of nitrogens with zero attached hydrogens (tertiary/aromatic N) is 3. The number of hydrogen-bond donors (Lipinski definition) is 4. The Labute approximate surface area is 214 Å². The zero-order chi connectivity index (χ0) is 26.7. The van der Waals surface area contributed by atoms with Crippen LogP contribution in [0.15, 0.2) is 65.7 Å². The summed E-state index contributed by atoms with van der Waals surface area (Å²) in [7, 11) is 0. The molecule has 4 aromatic rings. The van der Waals surface area contributed by atoms with Gasteiger partial charge in [0.15, 0.2) is 0 Å². The van der Waals surface area contributed by atoms with Crippen LogP contribution in [0.2, 0.25) is 5.02 Å². The summed E-state index contributed by atoms with van der Waals surface area (Å²) >= 11 is 6.04. The standard InChI is InChI=1S/C25H20ClFN6O4/c1-2-33-23(34)21(30-25(37)31-22-17(26)11-29-12-19(22)28)10-20(32-33)14-5-3-4-13(8-14)16-9-15(24(35)36)6-7-18(16)27/h3-12H,2,28H2,1H3,(H,35,36)(H2,29,30,31,37). The van der Waals surface area contributed by atoms with Gasteiger partial charge in [-0.25, -0.2) is 18.7 Å². The molecule has 0 aliphatic heterocycles. The van der Waals surface area contributed by atoms with Gasteiger partial charge in [-0.05, 0) is 42.8 Å². The molecule has 5 N–H and O–H groups in total. The number of carboxylic acids is 1. The fraction of sp³-hybridized carbons (Fsp3) is 0.0800. The van der Waals surface area contributed by atoms with Gasteiger partial charge in [0.05, 0.1) is 33.9 Å². The van der Waals surface area contributed by atoms with Gasteiger partial charge in [-0.15, -0.1) is 0 Å². The van der Waals surface area contributed by atoms with E-state index in [1.807, 2.05) is 0 Å². The molecule has 4 rings (SSSR count). The lowest BCUT2D eigenvalue weighted by Crippen LogP contribution is -2.30. The molecule has 0 aliphatic carbocycles. The molecule has 0 aliphatic rings. The third kappa shape index (κ3) is 5.41. The van der Waals surface area contributed by atoms with E-state index in [-0.39, 0.29) is 39.8 Å². The Kier molecular flexibility index (Phi) is 7.16. The number of pyridine rings is 1. The Morgan fingerprint density at radius 2 is 1.86 bits per heavy atom. The molecule has 2 aromatic carbocycles. The third-order valence-electron chi connectivity index (χ3n) is 5.37. The monoisotopic (exact) mass is 522 g/mol. The third-order valence-corrected chi connectivity index (χ3v) is 5.66. The number of halogens is 2. The molecule has 37 heavy (non-hydrogen) atoms. The van der Waals surface area contributed by atoms with Crippen molar-refractivity contribution in [3.05, 3.63) is 87.7 Å². The number of aryl methyl sites for hydroxylation is 1. The molecular weight excluding hydrogens is 503 g/mol. The summed E-state index contributed by atoms with van der Waals surface area (Å²) in [6, 6.07) is 10.7. The zero-order valence-corrected chi connectivity index (χ0v) is 20.1. The van der Waals surface area contributed by atoms with Crippen molar-refractivity contribution in [3.63, 3.8) is 0 Å². The van der Waals surface area contributed by atoms with E-state index in [2.05, 4.69) is 20.7 Å². The van der Waals surface area contributed by atoms with E-state index in [1.54, 1.807) is 31.2 Å². The number of nitrogen functional groups attached to an aromatic ring is 1. The van der Waals surface area contributed by atoms with Gasteiger partial charge in [0.25, 0.3) is 5.56 Å². The van der Waals surface area contributed by atoms with Crippen LogP contribution in [-0.4, -0.2) is 31.9 Å². The molecule has 0 unspecified atom stereocenters. The first-order valence-corrected chi connectivity index (χ1v) is 11.3. The summed E-state index contributed by atoms with van der Waals surface area (Å²) in [5.74, 6) is -1.78. The van der Waals surface area contributed by atoms with E-state index in [1.165, 1.54) is 30.6 Å². The first-order valence-electron chi connectivity index (χ1n) is 10.9. The molecule has 2 amide bonds. The van der Waals surface area contributed by atoms with E-state index in [4.69, 9.17) is 17.3 Å². The molecule has 0 saturated carbocycles. The average Bonchev–Trinajstić information content (AvgIpc) is 2.87. The molecule has 10 nitrogen and oxygen atoms in total. The number of nitrogens with one attached hydrogen (secondary N) is 2. The Balaban J connectivity index is 1.71. The highest BCUT2D eigenvalue weighted by molar-refractivity contribution is 6.34. The van der Waals surface area contributed by atoms with Crippen LogP contribution in [0.5, 0.6) is 0 Å². The number of anilines is 3. The summed E-state index contributed by atoms with van der Waals surface area (Å²) < 4.78 is 15.7. The Morgan fingerprint density at radius 3 is 2.57 bits per heavy atom. The maximum absolute atomic E-state index is 14.5. The Bertz CT molecular complexity index is 1570. The van der Waals surface area contributed by atoms with Crippen LogP contribution in [-0.2, 0) is 6.54 Å². The van der Waals surface area contributed by atoms with E-state index >= 15 is 0 Å². The van der Waals surface area contributed by atoms with Crippen molar-refractivity contribution in [1.82, 2.24) is 14.8 Å². The number of rotatable bonds is 6. The van der Waals surface area contributed by atoms with Gasteiger partial charge >= 0.3 is 12.0 Å². The Morgan fingerprint density at radius 1 is 1.11 bits per heavy atom. The number of aromatic carboxylic acids is 1. The second-order valence-corrected chi connectivity index (χ2v) is 8.22. The molecule has 0 radical (unpaired) electrons. The van der Waals surface area contributed by atoms with Crippen LogP contribution < -0.4 is 21.9 Å². The highest BCUT2D eigenvalue weighted by Crippen LogP contribution is 2.29. The van der Waals surface area contributed by atoms with Gasteiger partial charge in [0.1, 0.15) is 11.5 Å². The predicted molar refractivity (Wildman–Crippen MR) is 138 cm³/mol. The molecule has 0 fully saturated rings. The Hall–Kier alpha value is -4.77. The van der Waals surface area contributed by atoms with Gasteiger partial charge in [0.2, 0.25) is 0 Å². The van der Waals surface area contributed by atoms with Crippen LogP contribution in [0.25, 0.3) is 22.4 Å². The summed E-state index contributed by atoms with van der Waals surface area (Å²) in [6.45, 7) is 1.92. The lowest BCUT2D eigenvalue weighted by atomic mass is 9.99. The number of urea groups is 1. The number of nitrogens with two attached hydrogens (primary N) is 1. The van der Waals surface area contributed by atoms with Gasteiger partial charge in [-0.3, -0.25) is 9.78 Å². The number of benzene rings is 2. The topological polar surface area (TPSA) is 152 Å². The number of carbonyl (C=O) groups is 2. The molecule has 2 aromatic heterocycles. The van der Waals surface area contributed by atoms with Crippen LogP contribution in [0.1, 0.15) is 17.3 Å². The number of aromatic nitrogens is 3. The molecule has 188 valence electrons. The van der Waals surface area contributed by atoms with Crippen molar-refractivity contribution < 1.29 is 19.1 Å². The number of hydrogen-bond acceptors (Lipinski definition) is 6. The summed E-state index contributed by atoms with van der Waals surface area (Å²) in [5, 5.41) is 18.7. The lowest BCUT2D eigenvalue weighted by molar-refractivity contribution is 0.0697. The largest absolute Gasteiger partial charge is 0.478 e. The van der Waals surface area contributed by atoms with Gasteiger partial charge in [0, 0.05) is 23.9 Å². The van der Waals surface area contributed by atoms with E-state index in [0.717, 1.165) is 10.7 Å². The molecule has 0 bridgehead atoms. The molecule has 12 heteroatoms. The molecule has 0 saturated heterocycles. The smallest absolute Gasteiger partial charge is 0.335 e.